The normalized spacial score (nSPS) is 14.5. The van der Waals surface area contributed by atoms with E-state index in [2.05, 4.69) is 9.97 Å². The summed E-state index contributed by atoms with van der Waals surface area (Å²) in [6.07, 6.45) is 1.44. The molecule has 1 aromatic carbocycles. The molecule has 0 unspecified atom stereocenters. The Morgan fingerprint density at radius 3 is 2.64 bits per heavy atom. The molecule has 25 heavy (non-hydrogen) atoms. The molecule has 0 saturated carbocycles. The average molecular weight is 341 g/mol. The van der Waals surface area contributed by atoms with Gasteiger partial charge in [0, 0.05) is 24.7 Å². The van der Waals surface area contributed by atoms with Gasteiger partial charge in [0.05, 0.1) is 19.3 Å². The largest absolute Gasteiger partial charge is 0.497 e. The Bertz CT molecular complexity index is 759. The Labute approximate surface area is 147 Å². The van der Waals surface area contributed by atoms with Gasteiger partial charge in [0.25, 0.3) is 5.91 Å². The molecule has 1 aliphatic rings. The lowest BCUT2D eigenvalue weighted by atomic mass is 10.1. The molecule has 1 amide bonds. The van der Waals surface area contributed by atoms with Gasteiger partial charge in [0.15, 0.2) is 0 Å². The fourth-order valence-electron chi connectivity index (χ4n) is 2.83. The van der Waals surface area contributed by atoms with Crippen molar-refractivity contribution in [2.75, 3.05) is 7.11 Å². The fraction of sp³-hybridized carbons (Fsp3) is 0.421. The lowest BCUT2D eigenvalue weighted by Crippen LogP contribution is -2.38. The van der Waals surface area contributed by atoms with Gasteiger partial charge in [-0.05, 0) is 23.6 Å². The highest BCUT2D eigenvalue weighted by atomic mass is 16.5. The molecule has 1 aliphatic heterocycles. The first-order chi connectivity index (χ1) is 12.0. The van der Waals surface area contributed by atoms with E-state index >= 15 is 0 Å². The number of aliphatic hydroxyl groups is 1. The van der Waals surface area contributed by atoms with Gasteiger partial charge in [-0.3, -0.25) is 4.79 Å². The number of aliphatic hydroxyl groups excluding tert-OH is 1. The summed E-state index contributed by atoms with van der Waals surface area (Å²) in [4.78, 5) is 23.0. The van der Waals surface area contributed by atoms with Gasteiger partial charge < -0.3 is 14.7 Å². The van der Waals surface area contributed by atoms with Crippen molar-refractivity contribution in [3.8, 4) is 5.75 Å². The highest BCUT2D eigenvalue weighted by molar-refractivity contribution is 5.81. The maximum absolute atomic E-state index is 12.3. The lowest BCUT2D eigenvalue weighted by Gasteiger charge is -2.21. The third kappa shape index (κ3) is 3.79. The molecule has 2 aromatic rings. The number of rotatable bonds is 5. The molecule has 3 rings (SSSR count). The molecular weight excluding hydrogens is 318 g/mol. The molecule has 0 radical (unpaired) electrons. The number of benzene rings is 1. The Kier molecular flexibility index (Phi) is 4.99. The number of hydrogen-bond acceptors (Lipinski definition) is 5. The number of hydrogen-bond donors (Lipinski definition) is 1. The molecule has 1 N–H and O–H groups in total. The average Bonchev–Trinajstić information content (AvgIpc) is 3.04. The quantitative estimate of drug-likeness (QED) is 0.899. The Morgan fingerprint density at radius 1 is 1.28 bits per heavy atom. The minimum Gasteiger partial charge on any atom is -0.497 e. The topological polar surface area (TPSA) is 75.6 Å². The molecule has 6 nitrogen and oxygen atoms in total. The first kappa shape index (κ1) is 17.4. The van der Waals surface area contributed by atoms with Gasteiger partial charge in [0.2, 0.25) is 0 Å². The van der Waals surface area contributed by atoms with Crippen LogP contribution >= 0.6 is 0 Å². The standard InChI is InChI=1S/C19H23N3O3/c1-12(2)18(23)19(24)22-10-14-9-20-17(21-16(14)11-22)8-13-4-6-15(25-3)7-5-13/h4-7,9,12,18,23H,8,10-11H2,1-3H3/t18-/m1/s1. The number of nitrogens with zero attached hydrogens (tertiary/aromatic N) is 3. The SMILES string of the molecule is COc1ccc(Cc2ncc3c(n2)CN(C(=O)[C@H](O)C(C)C)C3)cc1. The van der Waals surface area contributed by atoms with Crippen molar-refractivity contribution < 1.29 is 14.6 Å². The summed E-state index contributed by atoms with van der Waals surface area (Å²) in [7, 11) is 1.64. The Morgan fingerprint density at radius 2 is 2.00 bits per heavy atom. The van der Waals surface area contributed by atoms with Crippen molar-refractivity contribution in [2.45, 2.75) is 39.5 Å². The number of fused-ring (bicyclic) bond motifs is 1. The summed E-state index contributed by atoms with van der Waals surface area (Å²) in [5.41, 5.74) is 2.91. The number of carbonyl (C=O) groups is 1. The number of aromatic nitrogens is 2. The second-order valence-corrected chi connectivity index (χ2v) is 6.67. The molecule has 1 atom stereocenters. The fourth-order valence-corrected chi connectivity index (χ4v) is 2.83. The predicted octanol–water partition coefficient (Wildman–Crippen LogP) is 1.94. The monoisotopic (exact) mass is 341 g/mol. The van der Waals surface area contributed by atoms with E-state index < -0.39 is 6.10 Å². The molecule has 2 heterocycles. The molecule has 0 saturated heterocycles. The number of methoxy groups -OCH3 is 1. The second-order valence-electron chi connectivity index (χ2n) is 6.67. The predicted molar refractivity (Wildman–Crippen MR) is 92.9 cm³/mol. The van der Waals surface area contributed by atoms with Crippen LogP contribution in [0.1, 0.15) is 36.5 Å². The van der Waals surface area contributed by atoms with Crippen LogP contribution in [0.3, 0.4) is 0 Å². The van der Waals surface area contributed by atoms with E-state index in [0.717, 1.165) is 28.4 Å². The van der Waals surface area contributed by atoms with Crippen LogP contribution < -0.4 is 4.74 Å². The highest BCUT2D eigenvalue weighted by Crippen LogP contribution is 2.23. The lowest BCUT2D eigenvalue weighted by molar-refractivity contribution is -0.143. The zero-order chi connectivity index (χ0) is 18.0. The third-order valence-corrected chi connectivity index (χ3v) is 4.42. The summed E-state index contributed by atoms with van der Waals surface area (Å²) in [6.45, 7) is 4.55. The van der Waals surface area contributed by atoms with Gasteiger partial charge in [-0.15, -0.1) is 0 Å². The van der Waals surface area contributed by atoms with E-state index in [1.165, 1.54) is 0 Å². The van der Waals surface area contributed by atoms with Crippen molar-refractivity contribution in [3.05, 3.63) is 53.1 Å². The molecule has 132 valence electrons. The Hall–Kier alpha value is -2.47. The van der Waals surface area contributed by atoms with Gasteiger partial charge in [-0.2, -0.15) is 0 Å². The maximum atomic E-state index is 12.3. The van der Waals surface area contributed by atoms with E-state index in [1.54, 1.807) is 18.2 Å². The number of ether oxygens (including phenoxy) is 1. The molecule has 6 heteroatoms. The van der Waals surface area contributed by atoms with E-state index in [9.17, 15) is 9.90 Å². The zero-order valence-corrected chi connectivity index (χ0v) is 14.8. The van der Waals surface area contributed by atoms with Gasteiger partial charge in [-0.1, -0.05) is 26.0 Å². The van der Waals surface area contributed by atoms with E-state index in [0.29, 0.717) is 19.5 Å². The summed E-state index contributed by atoms with van der Waals surface area (Å²) in [5.74, 6) is 1.19. The van der Waals surface area contributed by atoms with Crippen LogP contribution in [0.4, 0.5) is 0 Å². The summed E-state index contributed by atoms with van der Waals surface area (Å²) < 4.78 is 5.16. The van der Waals surface area contributed by atoms with Crippen LogP contribution in [0, 0.1) is 5.92 Å². The minimum absolute atomic E-state index is 0.104. The van der Waals surface area contributed by atoms with Crippen LogP contribution in [0.5, 0.6) is 5.75 Å². The van der Waals surface area contributed by atoms with Gasteiger partial charge >= 0.3 is 0 Å². The second kappa shape index (κ2) is 7.19. The van der Waals surface area contributed by atoms with Crippen molar-refractivity contribution >= 4 is 5.91 Å². The Balaban J connectivity index is 1.70. The van der Waals surface area contributed by atoms with Crippen molar-refractivity contribution in [2.24, 2.45) is 5.92 Å². The van der Waals surface area contributed by atoms with Crippen LogP contribution in [-0.2, 0) is 24.3 Å². The number of amides is 1. The van der Waals surface area contributed by atoms with Crippen molar-refractivity contribution in [1.82, 2.24) is 14.9 Å². The van der Waals surface area contributed by atoms with Crippen LogP contribution in [0.15, 0.2) is 30.5 Å². The maximum Gasteiger partial charge on any atom is 0.252 e. The molecular formula is C19H23N3O3. The van der Waals surface area contributed by atoms with E-state index in [1.807, 2.05) is 38.1 Å². The molecule has 0 spiro atoms. The zero-order valence-electron chi connectivity index (χ0n) is 14.8. The van der Waals surface area contributed by atoms with Crippen LogP contribution in [-0.4, -0.2) is 39.1 Å². The van der Waals surface area contributed by atoms with Crippen molar-refractivity contribution in [3.63, 3.8) is 0 Å². The van der Waals surface area contributed by atoms with Gasteiger partial charge in [0.1, 0.15) is 17.7 Å². The van der Waals surface area contributed by atoms with Crippen LogP contribution in [0.25, 0.3) is 0 Å². The molecule has 1 aromatic heterocycles. The summed E-state index contributed by atoms with van der Waals surface area (Å²) >= 11 is 0. The molecule has 0 fully saturated rings. The third-order valence-electron chi connectivity index (χ3n) is 4.42. The summed E-state index contributed by atoms with van der Waals surface area (Å²) in [6, 6.07) is 7.81. The number of carbonyl (C=O) groups excluding carboxylic acids is 1. The molecule has 0 aliphatic carbocycles. The first-order valence-corrected chi connectivity index (χ1v) is 8.41. The van der Waals surface area contributed by atoms with Crippen molar-refractivity contribution in [1.29, 1.82) is 0 Å². The smallest absolute Gasteiger partial charge is 0.252 e. The van der Waals surface area contributed by atoms with Crippen LogP contribution in [0.2, 0.25) is 0 Å². The molecule has 0 bridgehead atoms. The van der Waals surface area contributed by atoms with E-state index in [-0.39, 0.29) is 11.8 Å². The first-order valence-electron chi connectivity index (χ1n) is 8.41. The van der Waals surface area contributed by atoms with Gasteiger partial charge in [-0.25, -0.2) is 9.97 Å². The highest BCUT2D eigenvalue weighted by Gasteiger charge is 2.30. The van der Waals surface area contributed by atoms with E-state index in [4.69, 9.17) is 4.74 Å². The minimum atomic E-state index is -0.971. The summed E-state index contributed by atoms with van der Waals surface area (Å²) in [5, 5.41) is 9.99.